The molecule has 0 aliphatic rings. The molecule has 0 saturated carbocycles. The summed E-state index contributed by atoms with van der Waals surface area (Å²) in [5.41, 5.74) is 0.689. The molecule has 0 spiro atoms. The van der Waals surface area contributed by atoms with Gasteiger partial charge in [0.1, 0.15) is 5.82 Å². The van der Waals surface area contributed by atoms with E-state index in [9.17, 15) is 9.18 Å². The molecular formula is C14H10ClFOS. The first-order chi connectivity index (χ1) is 8.63. The average Bonchev–Trinajstić information content (AvgIpc) is 2.41. The molecule has 2 rings (SSSR count). The number of carbonyl (C=O) groups excluding carboxylic acids is 1. The Balaban J connectivity index is 2.38. The summed E-state index contributed by atoms with van der Waals surface area (Å²) < 4.78 is 13.3. The molecule has 0 heterocycles. The Morgan fingerprint density at radius 1 is 1.17 bits per heavy atom. The molecule has 0 radical (unpaired) electrons. The second kappa shape index (κ2) is 5.55. The van der Waals surface area contributed by atoms with Crippen LogP contribution in [0.3, 0.4) is 0 Å². The summed E-state index contributed by atoms with van der Waals surface area (Å²) in [6.45, 7) is 0. The van der Waals surface area contributed by atoms with Gasteiger partial charge in [-0.3, -0.25) is 4.79 Å². The fraction of sp³-hybridized carbons (Fsp3) is 0.0714. The van der Waals surface area contributed by atoms with E-state index in [2.05, 4.69) is 0 Å². The number of carbonyl (C=O) groups is 1. The molecule has 4 heteroatoms. The van der Waals surface area contributed by atoms with Crippen LogP contribution < -0.4 is 0 Å². The highest BCUT2D eigenvalue weighted by Crippen LogP contribution is 2.23. The highest BCUT2D eigenvalue weighted by molar-refractivity contribution is 7.98. The van der Waals surface area contributed by atoms with Crippen LogP contribution in [0.2, 0.25) is 5.02 Å². The van der Waals surface area contributed by atoms with Crippen LogP contribution in [0.1, 0.15) is 15.9 Å². The van der Waals surface area contributed by atoms with Crippen molar-refractivity contribution in [3.05, 3.63) is 64.4 Å². The van der Waals surface area contributed by atoms with Crippen LogP contribution in [0.25, 0.3) is 0 Å². The maximum atomic E-state index is 13.3. The van der Waals surface area contributed by atoms with Gasteiger partial charge >= 0.3 is 0 Å². The van der Waals surface area contributed by atoms with Gasteiger partial charge in [-0.1, -0.05) is 17.7 Å². The van der Waals surface area contributed by atoms with E-state index in [1.54, 1.807) is 23.9 Å². The van der Waals surface area contributed by atoms with Crippen molar-refractivity contribution < 1.29 is 9.18 Å². The molecule has 0 aromatic heterocycles. The molecule has 18 heavy (non-hydrogen) atoms. The summed E-state index contributed by atoms with van der Waals surface area (Å²) >= 11 is 7.39. The second-order valence-corrected chi connectivity index (χ2v) is 4.92. The summed E-state index contributed by atoms with van der Waals surface area (Å²) in [6.07, 6.45) is 1.96. The lowest BCUT2D eigenvalue weighted by molar-refractivity contribution is 0.103. The molecule has 0 fully saturated rings. The van der Waals surface area contributed by atoms with Crippen LogP contribution in [0.15, 0.2) is 47.4 Å². The van der Waals surface area contributed by atoms with Gasteiger partial charge in [0.15, 0.2) is 5.78 Å². The van der Waals surface area contributed by atoms with Crippen molar-refractivity contribution in [2.45, 2.75) is 4.90 Å². The van der Waals surface area contributed by atoms with E-state index in [-0.39, 0.29) is 16.4 Å². The van der Waals surface area contributed by atoms with Crippen LogP contribution in [-0.2, 0) is 0 Å². The van der Waals surface area contributed by atoms with Crippen molar-refractivity contribution in [1.82, 2.24) is 0 Å². The summed E-state index contributed by atoms with van der Waals surface area (Å²) in [6, 6.07) is 11.4. The summed E-state index contributed by atoms with van der Waals surface area (Å²) in [4.78, 5) is 13.2. The smallest absolute Gasteiger partial charge is 0.194 e. The highest BCUT2D eigenvalue weighted by atomic mass is 35.5. The SMILES string of the molecule is CSc1ccc(C(=O)c2cccc(F)c2Cl)cc1. The number of halogens is 2. The summed E-state index contributed by atoms with van der Waals surface area (Å²) in [5, 5.41) is -0.128. The van der Waals surface area contributed by atoms with E-state index in [1.165, 1.54) is 18.2 Å². The second-order valence-electron chi connectivity index (χ2n) is 3.66. The quantitative estimate of drug-likeness (QED) is 0.611. The van der Waals surface area contributed by atoms with E-state index < -0.39 is 5.82 Å². The maximum Gasteiger partial charge on any atom is 0.194 e. The number of hydrogen-bond acceptors (Lipinski definition) is 2. The van der Waals surface area contributed by atoms with E-state index in [4.69, 9.17) is 11.6 Å². The van der Waals surface area contributed by atoms with Gasteiger partial charge in [-0.15, -0.1) is 11.8 Å². The Morgan fingerprint density at radius 2 is 1.83 bits per heavy atom. The van der Waals surface area contributed by atoms with E-state index in [0.717, 1.165) is 4.90 Å². The zero-order chi connectivity index (χ0) is 13.1. The standard InChI is InChI=1S/C14H10ClFOS/c1-18-10-7-5-9(6-8-10)14(17)11-3-2-4-12(16)13(11)15/h2-8H,1H3. The summed E-state index contributed by atoms with van der Waals surface area (Å²) in [7, 11) is 0. The van der Waals surface area contributed by atoms with Gasteiger partial charge in [-0.2, -0.15) is 0 Å². The number of thioether (sulfide) groups is 1. The fourth-order valence-electron chi connectivity index (χ4n) is 1.58. The molecule has 0 aliphatic carbocycles. The van der Waals surface area contributed by atoms with Crippen molar-refractivity contribution >= 4 is 29.1 Å². The molecule has 1 nitrogen and oxygen atoms in total. The molecule has 0 atom stereocenters. The Morgan fingerprint density at radius 3 is 2.44 bits per heavy atom. The number of benzene rings is 2. The van der Waals surface area contributed by atoms with Crippen molar-refractivity contribution in [2.75, 3.05) is 6.26 Å². The third-order valence-corrected chi connectivity index (χ3v) is 3.68. The molecule has 0 aliphatic heterocycles. The van der Waals surface area contributed by atoms with Gasteiger partial charge in [0.05, 0.1) is 5.02 Å². The first-order valence-electron chi connectivity index (χ1n) is 5.26. The molecule has 0 bridgehead atoms. The largest absolute Gasteiger partial charge is 0.289 e. The van der Waals surface area contributed by atoms with Gasteiger partial charge in [0.25, 0.3) is 0 Å². The van der Waals surface area contributed by atoms with Crippen LogP contribution in [0, 0.1) is 5.82 Å². The van der Waals surface area contributed by atoms with Crippen molar-refractivity contribution in [2.24, 2.45) is 0 Å². The summed E-state index contributed by atoms with van der Waals surface area (Å²) in [5.74, 6) is -0.851. The van der Waals surface area contributed by atoms with Crippen molar-refractivity contribution in [1.29, 1.82) is 0 Å². The Bertz CT molecular complexity index is 581. The van der Waals surface area contributed by atoms with Crippen LogP contribution in [0.4, 0.5) is 4.39 Å². The van der Waals surface area contributed by atoms with Gasteiger partial charge in [0, 0.05) is 16.0 Å². The molecule has 0 amide bonds. The maximum absolute atomic E-state index is 13.3. The number of hydrogen-bond donors (Lipinski definition) is 0. The molecular weight excluding hydrogens is 271 g/mol. The lowest BCUT2D eigenvalue weighted by Gasteiger charge is -2.05. The molecule has 2 aromatic rings. The van der Waals surface area contributed by atoms with Crippen LogP contribution in [-0.4, -0.2) is 12.0 Å². The third-order valence-electron chi connectivity index (χ3n) is 2.55. The van der Waals surface area contributed by atoms with Gasteiger partial charge < -0.3 is 0 Å². The topological polar surface area (TPSA) is 17.1 Å². The Kier molecular flexibility index (Phi) is 4.04. The van der Waals surface area contributed by atoms with Crippen molar-refractivity contribution in [3.8, 4) is 0 Å². The zero-order valence-electron chi connectivity index (χ0n) is 9.61. The monoisotopic (exact) mass is 280 g/mol. The lowest BCUT2D eigenvalue weighted by atomic mass is 10.0. The van der Waals surface area contributed by atoms with E-state index in [1.807, 2.05) is 18.4 Å². The molecule has 92 valence electrons. The minimum atomic E-state index is -0.580. The van der Waals surface area contributed by atoms with Gasteiger partial charge in [-0.25, -0.2) is 4.39 Å². The average molecular weight is 281 g/mol. The van der Waals surface area contributed by atoms with Gasteiger partial charge in [0.2, 0.25) is 0 Å². The Labute approximate surface area is 114 Å². The first kappa shape index (κ1) is 13.1. The molecule has 0 N–H and O–H groups in total. The van der Waals surface area contributed by atoms with Crippen molar-refractivity contribution in [3.63, 3.8) is 0 Å². The van der Waals surface area contributed by atoms with Gasteiger partial charge in [-0.05, 0) is 42.7 Å². The highest BCUT2D eigenvalue weighted by Gasteiger charge is 2.15. The molecule has 2 aromatic carbocycles. The van der Waals surface area contributed by atoms with Crippen LogP contribution in [0.5, 0.6) is 0 Å². The Hall–Kier alpha value is -1.32. The predicted molar refractivity (Wildman–Crippen MR) is 73.1 cm³/mol. The zero-order valence-corrected chi connectivity index (χ0v) is 11.2. The minimum absolute atomic E-state index is 0.128. The van der Waals surface area contributed by atoms with E-state index >= 15 is 0 Å². The fourth-order valence-corrected chi connectivity index (χ4v) is 2.20. The van der Waals surface area contributed by atoms with Crippen LogP contribution >= 0.6 is 23.4 Å². The molecule has 0 saturated heterocycles. The number of rotatable bonds is 3. The minimum Gasteiger partial charge on any atom is -0.289 e. The number of ketones is 1. The predicted octanol–water partition coefficient (Wildman–Crippen LogP) is 4.43. The normalized spacial score (nSPS) is 10.4. The third kappa shape index (κ3) is 2.57. The molecule has 0 unspecified atom stereocenters. The first-order valence-corrected chi connectivity index (χ1v) is 6.86. The van der Waals surface area contributed by atoms with E-state index in [0.29, 0.717) is 5.56 Å². The lowest BCUT2D eigenvalue weighted by Crippen LogP contribution is -2.03.